The highest BCUT2D eigenvalue weighted by atomic mass is 32.1. The summed E-state index contributed by atoms with van der Waals surface area (Å²) in [5, 5.41) is 10.5. The molecule has 0 spiro atoms. The highest BCUT2D eigenvalue weighted by Gasteiger charge is 2.07. The van der Waals surface area contributed by atoms with Gasteiger partial charge in [-0.2, -0.15) is 0 Å². The number of hydrogen-bond donors (Lipinski definition) is 1. The van der Waals surface area contributed by atoms with Gasteiger partial charge in [-0.1, -0.05) is 36.4 Å². The predicted octanol–water partition coefficient (Wildman–Crippen LogP) is 5.86. The van der Waals surface area contributed by atoms with E-state index in [1.165, 1.54) is 31.5 Å². The third kappa shape index (κ3) is 1.82. The summed E-state index contributed by atoms with van der Waals surface area (Å²) in [4.78, 5) is 0. The van der Waals surface area contributed by atoms with Crippen LogP contribution < -0.4 is 5.32 Å². The molecule has 3 heteroatoms. The van der Waals surface area contributed by atoms with E-state index in [4.69, 9.17) is 0 Å². The lowest BCUT2D eigenvalue weighted by Gasteiger charge is -2.03. The van der Waals surface area contributed by atoms with Crippen LogP contribution in [0.5, 0.6) is 0 Å². The monoisotopic (exact) mass is 281 g/mol. The minimum absolute atomic E-state index is 1.20. The summed E-state index contributed by atoms with van der Waals surface area (Å²) in [6.07, 6.45) is 0. The lowest BCUT2D eigenvalue weighted by atomic mass is 10.2. The second kappa shape index (κ2) is 4.37. The first kappa shape index (κ1) is 11.0. The number of hydrogen-bond acceptors (Lipinski definition) is 3. The van der Waals surface area contributed by atoms with Crippen molar-refractivity contribution in [1.82, 2.24) is 0 Å². The summed E-state index contributed by atoms with van der Waals surface area (Å²) in [6, 6.07) is 17.0. The molecule has 1 N–H and O–H groups in total. The normalized spacial score (nSPS) is 11.2. The van der Waals surface area contributed by atoms with Gasteiger partial charge in [-0.3, -0.25) is 0 Å². The van der Waals surface area contributed by atoms with Gasteiger partial charge in [0.15, 0.2) is 0 Å². The summed E-state index contributed by atoms with van der Waals surface area (Å²) in [6.45, 7) is 0. The average molecular weight is 281 g/mol. The van der Waals surface area contributed by atoms with E-state index in [0.717, 1.165) is 0 Å². The van der Waals surface area contributed by atoms with Gasteiger partial charge in [0.25, 0.3) is 0 Å². The zero-order chi connectivity index (χ0) is 12.7. The molecule has 2 aromatic heterocycles. The zero-order valence-electron chi connectivity index (χ0n) is 10.1. The molecule has 0 aliphatic heterocycles. The van der Waals surface area contributed by atoms with Crippen molar-refractivity contribution in [2.45, 2.75) is 0 Å². The summed E-state index contributed by atoms with van der Waals surface area (Å²) in [5.74, 6) is 0. The van der Waals surface area contributed by atoms with Crippen molar-refractivity contribution in [3.63, 3.8) is 0 Å². The molecule has 4 rings (SSSR count). The summed E-state index contributed by atoms with van der Waals surface area (Å²) < 4.78 is 2.65. The second-order valence-electron chi connectivity index (χ2n) is 4.42. The SMILES string of the molecule is c1ccc2c(Nc3csc4ccccc34)csc2c1. The molecule has 2 aromatic carbocycles. The van der Waals surface area contributed by atoms with E-state index in [-0.39, 0.29) is 0 Å². The standard InChI is InChI=1S/C16H11NS2/c1-3-7-15-11(5-1)13(9-18-15)17-14-10-19-16-8-4-2-6-12(14)16/h1-10,17H. The maximum atomic E-state index is 3.57. The van der Waals surface area contributed by atoms with E-state index in [1.54, 1.807) is 22.7 Å². The van der Waals surface area contributed by atoms with E-state index in [0.29, 0.717) is 0 Å². The number of thiophene rings is 2. The molecule has 0 saturated carbocycles. The number of rotatable bonds is 2. The van der Waals surface area contributed by atoms with Crippen LogP contribution in [0.1, 0.15) is 0 Å². The largest absolute Gasteiger partial charge is 0.353 e. The minimum atomic E-state index is 1.20. The zero-order valence-corrected chi connectivity index (χ0v) is 11.7. The van der Waals surface area contributed by atoms with Crippen LogP contribution in [0.25, 0.3) is 20.2 Å². The first-order chi connectivity index (χ1) is 9.42. The number of nitrogens with one attached hydrogen (secondary N) is 1. The van der Waals surface area contributed by atoms with Gasteiger partial charge in [0.2, 0.25) is 0 Å². The Hall–Kier alpha value is -1.84. The highest BCUT2D eigenvalue weighted by Crippen LogP contribution is 2.36. The Balaban J connectivity index is 1.82. The minimum Gasteiger partial charge on any atom is -0.353 e. The number of benzene rings is 2. The molecular weight excluding hydrogens is 270 g/mol. The Bertz CT molecular complexity index is 785. The fraction of sp³-hybridized carbons (Fsp3) is 0. The van der Waals surface area contributed by atoms with E-state index in [9.17, 15) is 0 Å². The third-order valence-corrected chi connectivity index (χ3v) is 5.16. The van der Waals surface area contributed by atoms with Crippen molar-refractivity contribution in [3.05, 3.63) is 59.3 Å². The van der Waals surface area contributed by atoms with E-state index in [1.807, 2.05) is 0 Å². The maximum Gasteiger partial charge on any atom is 0.0573 e. The topological polar surface area (TPSA) is 12.0 Å². The molecule has 0 unspecified atom stereocenters. The molecule has 2 heterocycles. The quantitative estimate of drug-likeness (QED) is 0.485. The van der Waals surface area contributed by atoms with E-state index in [2.05, 4.69) is 64.6 Å². The Morgan fingerprint density at radius 1 is 0.632 bits per heavy atom. The van der Waals surface area contributed by atoms with Gasteiger partial charge in [0, 0.05) is 30.9 Å². The predicted molar refractivity (Wildman–Crippen MR) is 86.9 cm³/mol. The first-order valence-corrected chi connectivity index (χ1v) is 7.87. The van der Waals surface area contributed by atoms with Crippen molar-refractivity contribution in [3.8, 4) is 0 Å². The van der Waals surface area contributed by atoms with E-state index >= 15 is 0 Å². The molecule has 0 radical (unpaired) electrons. The lowest BCUT2D eigenvalue weighted by Crippen LogP contribution is -1.86. The molecule has 0 amide bonds. The summed E-state index contributed by atoms with van der Waals surface area (Å²) in [5.41, 5.74) is 2.40. The van der Waals surface area contributed by atoms with Crippen LogP contribution in [0.4, 0.5) is 11.4 Å². The molecule has 92 valence electrons. The Morgan fingerprint density at radius 2 is 1.11 bits per heavy atom. The van der Waals surface area contributed by atoms with E-state index < -0.39 is 0 Å². The smallest absolute Gasteiger partial charge is 0.0573 e. The van der Waals surface area contributed by atoms with Gasteiger partial charge < -0.3 is 5.32 Å². The van der Waals surface area contributed by atoms with Crippen LogP contribution in [0.15, 0.2) is 59.3 Å². The van der Waals surface area contributed by atoms with Crippen molar-refractivity contribution in [2.24, 2.45) is 0 Å². The molecule has 0 bridgehead atoms. The molecule has 0 saturated heterocycles. The summed E-state index contributed by atoms with van der Waals surface area (Å²) >= 11 is 3.56. The van der Waals surface area contributed by atoms with Crippen LogP contribution >= 0.6 is 22.7 Å². The summed E-state index contributed by atoms with van der Waals surface area (Å²) in [7, 11) is 0. The van der Waals surface area contributed by atoms with Crippen molar-refractivity contribution in [2.75, 3.05) is 5.32 Å². The van der Waals surface area contributed by atoms with Gasteiger partial charge in [-0.05, 0) is 12.1 Å². The van der Waals surface area contributed by atoms with Crippen LogP contribution in [0.2, 0.25) is 0 Å². The van der Waals surface area contributed by atoms with Crippen LogP contribution in [-0.2, 0) is 0 Å². The Labute approximate surface area is 119 Å². The fourth-order valence-electron chi connectivity index (χ4n) is 2.29. The molecule has 0 aliphatic rings. The molecule has 0 fully saturated rings. The molecule has 0 aliphatic carbocycles. The van der Waals surface area contributed by atoms with Gasteiger partial charge in [0.05, 0.1) is 11.4 Å². The average Bonchev–Trinajstić information content (AvgIpc) is 3.05. The molecule has 19 heavy (non-hydrogen) atoms. The molecular formula is C16H11NS2. The Morgan fingerprint density at radius 3 is 1.63 bits per heavy atom. The van der Waals surface area contributed by atoms with Crippen LogP contribution in [-0.4, -0.2) is 0 Å². The van der Waals surface area contributed by atoms with Crippen LogP contribution in [0.3, 0.4) is 0 Å². The fourth-order valence-corrected chi connectivity index (χ4v) is 4.08. The third-order valence-electron chi connectivity index (χ3n) is 3.23. The second-order valence-corrected chi connectivity index (χ2v) is 6.24. The van der Waals surface area contributed by atoms with Gasteiger partial charge in [0.1, 0.15) is 0 Å². The molecule has 0 atom stereocenters. The number of fused-ring (bicyclic) bond motifs is 2. The van der Waals surface area contributed by atoms with Crippen molar-refractivity contribution >= 4 is 54.2 Å². The highest BCUT2D eigenvalue weighted by molar-refractivity contribution is 7.18. The first-order valence-electron chi connectivity index (χ1n) is 6.11. The molecule has 1 nitrogen and oxygen atoms in total. The van der Waals surface area contributed by atoms with Crippen LogP contribution in [0, 0.1) is 0 Å². The van der Waals surface area contributed by atoms with Crippen molar-refractivity contribution in [1.29, 1.82) is 0 Å². The van der Waals surface area contributed by atoms with Gasteiger partial charge in [-0.15, -0.1) is 22.7 Å². The van der Waals surface area contributed by atoms with Gasteiger partial charge in [-0.25, -0.2) is 0 Å². The molecule has 4 aromatic rings. The van der Waals surface area contributed by atoms with Crippen molar-refractivity contribution < 1.29 is 0 Å². The van der Waals surface area contributed by atoms with Gasteiger partial charge >= 0.3 is 0 Å². The lowest BCUT2D eigenvalue weighted by molar-refractivity contribution is 1.70. The number of anilines is 2. The maximum absolute atomic E-state index is 3.57. The Kier molecular flexibility index (Phi) is 2.53.